The van der Waals surface area contributed by atoms with Crippen molar-refractivity contribution in [2.45, 2.75) is 58.3 Å². The molecule has 1 aliphatic carbocycles. The molecule has 0 radical (unpaired) electrons. The summed E-state index contributed by atoms with van der Waals surface area (Å²) >= 11 is 0. The predicted molar refractivity (Wildman–Crippen MR) is 154 cm³/mol. The van der Waals surface area contributed by atoms with E-state index in [4.69, 9.17) is 19.0 Å². The van der Waals surface area contributed by atoms with Gasteiger partial charge in [0.05, 0.1) is 18.6 Å². The molecule has 0 saturated carbocycles. The summed E-state index contributed by atoms with van der Waals surface area (Å²) in [6.07, 6.45) is 0.687. The molecule has 3 aromatic carbocycles. The highest BCUT2D eigenvalue weighted by molar-refractivity contribution is 6.19. The first-order valence-corrected chi connectivity index (χ1v) is 13.3. The molecule has 0 amide bonds. The summed E-state index contributed by atoms with van der Waals surface area (Å²) in [6, 6.07) is 18.5. The third-order valence-corrected chi connectivity index (χ3v) is 7.33. The summed E-state index contributed by atoms with van der Waals surface area (Å²) in [4.78, 5) is 26.5. The molecule has 0 unspecified atom stereocenters. The smallest absolute Gasteiger partial charge is 0.315 e. The van der Waals surface area contributed by atoms with Gasteiger partial charge in [0, 0.05) is 35.5 Å². The van der Waals surface area contributed by atoms with Gasteiger partial charge in [-0.1, -0.05) is 45.0 Å². The zero-order valence-electron chi connectivity index (χ0n) is 23.6. The third kappa shape index (κ3) is 5.27. The molecule has 7 heteroatoms. The maximum Gasteiger partial charge on any atom is 0.315 e. The van der Waals surface area contributed by atoms with Crippen LogP contribution in [0.1, 0.15) is 79.4 Å². The number of ether oxygens (including phenoxy) is 2. The van der Waals surface area contributed by atoms with Gasteiger partial charge in [0.2, 0.25) is 0 Å². The first-order chi connectivity index (χ1) is 18.5. The van der Waals surface area contributed by atoms with E-state index in [1.54, 1.807) is 30.3 Å². The van der Waals surface area contributed by atoms with Gasteiger partial charge in [-0.05, 0) is 66.3 Å². The number of benzene rings is 3. The number of esters is 1. The Kier molecular flexibility index (Phi) is 7.92. The molecule has 40 heavy (non-hydrogen) atoms. The van der Waals surface area contributed by atoms with Gasteiger partial charge >= 0.3 is 5.97 Å². The second kappa shape index (κ2) is 10.9. The molecule has 0 spiro atoms. The van der Waals surface area contributed by atoms with E-state index in [0.717, 1.165) is 16.7 Å². The lowest BCUT2D eigenvalue weighted by atomic mass is 9.71. The van der Waals surface area contributed by atoms with Crippen molar-refractivity contribution in [1.29, 1.82) is 0 Å². The third-order valence-electron chi connectivity index (χ3n) is 7.33. The molecule has 0 fully saturated rings. The average molecular weight is 545 g/mol. The highest BCUT2D eigenvalue weighted by Gasteiger charge is 2.41. The Hall–Kier alpha value is -3.94. The van der Waals surface area contributed by atoms with Crippen molar-refractivity contribution < 1.29 is 34.1 Å². The van der Waals surface area contributed by atoms with Crippen LogP contribution in [0.25, 0.3) is 11.0 Å². The van der Waals surface area contributed by atoms with Crippen LogP contribution in [0.3, 0.4) is 0 Å². The van der Waals surface area contributed by atoms with E-state index in [9.17, 15) is 9.59 Å². The fourth-order valence-corrected chi connectivity index (χ4v) is 5.37. The van der Waals surface area contributed by atoms with Crippen LogP contribution >= 0.6 is 0 Å². The molecule has 3 N–H and O–H groups in total. The predicted octanol–water partition coefficient (Wildman–Crippen LogP) is 5.69. The van der Waals surface area contributed by atoms with Crippen LogP contribution in [0.15, 0.2) is 65.1 Å². The van der Waals surface area contributed by atoms with E-state index in [0.29, 0.717) is 52.4 Å². The van der Waals surface area contributed by atoms with Gasteiger partial charge in [-0.25, -0.2) is 0 Å². The lowest BCUT2D eigenvalue weighted by Gasteiger charge is -2.30. The summed E-state index contributed by atoms with van der Waals surface area (Å²) in [5, 5.41) is 9.73. The number of hydrogen-bond donors (Lipinski definition) is 1. The van der Waals surface area contributed by atoms with E-state index in [2.05, 4.69) is 20.8 Å². The minimum atomic E-state index is -0.596. The Morgan fingerprint density at radius 1 is 1.00 bits per heavy atom. The van der Waals surface area contributed by atoms with Gasteiger partial charge < -0.3 is 24.5 Å². The summed E-state index contributed by atoms with van der Waals surface area (Å²) in [7, 11) is 0. The summed E-state index contributed by atoms with van der Waals surface area (Å²) in [5.41, 5.74) is 3.82. The average Bonchev–Trinajstić information content (AvgIpc) is 3.27. The zero-order chi connectivity index (χ0) is 27.9. The number of ketones is 1. The van der Waals surface area contributed by atoms with Crippen molar-refractivity contribution in [2.24, 2.45) is 0 Å². The van der Waals surface area contributed by atoms with Crippen molar-refractivity contribution >= 4 is 22.7 Å². The van der Waals surface area contributed by atoms with Crippen LogP contribution in [-0.2, 0) is 22.0 Å². The Morgan fingerprint density at radius 2 is 1.73 bits per heavy atom. The number of aliphatic hydroxyl groups is 1. The van der Waals surface area contributed by atoms with Gasteiger partial charge in [0.1, 0.15) is 22.8 Å². The van der Waals surface area contributed by atoms with Crippen LogP contribution in [-0.4, -0.2) is 35.5 Å². The Morgan fingerprint density at radius 3 is 2.45 bits per heavy atom. The van der Waals surface area contributed by atoms with Crippen LogP contribution in [0.5, 0.6) is 11.5 Å². The highest BCUT2D eigenvalue weighted by atomic mass is 16.5. The van der Waals surface area contributed by atoms with Crippen molar-refractivity contribution in [3.63, 3.8) is 0 Å². The number of furan rings is 1. The maximum atomic E-state index is 13.6. The number of hydrogen-bond acceptors (Lipinski definition) is 6. The fraction of sp³-hybridized carbons (Fsp3) is 0.333. The number of aliphatic hydroxyl groups excluding tert-OH is 1. The molecule has 210 valence electrons. The molecular weight excluding hydrogens is 508 g/mol. The molecule has 5 rings (SSSR count). The lowest BCUT2D eigenvalue weighted by molar-refractivity contribution is -0.133. The van der Waals surface area contributed by atoms with Crippen molar-refractivity contribution in [2.75, 3.05) is 13.2 Å². The Labute approximate surface area is 234 Å². The first-order valence-electron chi connectivity index (χ1n) is 13.3. The molecule has 0 aliphatic heterocycles. The van der Waals surface area contributed by atoms with Crippen LogP contribution < -0.4 is 9.47 Å². The highest BCUT2D eigenvalue weighted by Crippen LogP contribution is 2.46. The van der Waals surface area contributed by atoms with Crippen molar-refractivity contribution in [3.05, 3.63) is 94.2 Å². The maximum absolute atomic E-state index is 13.6. The Bertz CT molecular complexity index is 1570. The van der Waals surface area contributed by atoms with Gasteiger partial charge in [-0.15, -0.1) is 0 Å². The molecule has 4 aromatic rings. The first kappa shape index (κ1) is 29.1. The van der Waals surface area contributed by atoms with E-state index in [1.807, 2.05) is 44.2 Å². The summed E-state index contributed by atoms with van der Waals surface area (Å²) in [5.74, 6) is 1.12. The topological polar surface area (TPSA) is 117 Å². The van der Waals surface area contributed by atoms with E-state index < -0.39 is 5.41 Å². The summed E-state index contributed by atoms with van der Waals surface area (Å²) in [6.45, 7) is 10.8. The van der Waals surface area contributed by atoms with Gasteiger partial charge in [0.25, 0.3) is 0 Å². The molecule has 1 aromatic heterocycles. The van der Waals surface area contributed by atoms with Crippen LogP contribution in [0, 0.1) is 0 Å². The summed E-state index contributed by atoms with van der Waals surface area (Å²) < 4.78 is 17.8. The van der Waals surface area contributed by atoms with Crippen molar-refractivity contribution in [3.8, 4) is 11.5 Å². The largest absolute Gasteiger partial charge is 0.493 e. The number of rotatable bonds is 7. The number of carbonyl (C=O) groups excluding carboxylic acids is 2. The lowest BCUT2D eigenvalue weighted by Crippen LogP contribution is -2.29. The number of fused-ring (bicyclic) bond motifs is 4. The minimum Gasteiger partial charge on any atom is -0.493 e. The van der Waals surface area contributed by atoms with Crippen LogP contribution in [0.4, 0.5) is 0 Å². The second-order valence-corrected chi connectivity index (χ2v) is 11.6. The van der Waals surface area contributed by atoms with Gasteiger partial charge in [-0.2, -0.15) is 0 Å². The SMILES string of the molecule is CC(C)(C)c1ccccc1CC(=O)Oc1ccc2c3c(oc2c1)C(C)(C)c1cc(OCCCO)ccc1C3=O.O. The standard InChI is InChI=1S/C33H34O6.H2O/c1-32(2,3)25-10-7-6-9-20(25)17-28(35)38-22-12-14-24-27(19-22)39-31-29(24)30(36)23-13-11-21(37-16-8-15-34)18-26(23)33(31,4)5;/h6-7,9-14,18-19,34H,8,15-17H2,1-5H3;1H2. The molecule has 0 atom stereocenters. The monoisotopic (exact) mass is 544 g/mol. The zero-order valence-corrected chi connectivity index (χ0v) is 23.6. The molecule has 7 nitrogen and oxygen atoms in total. The second-order valence-electron chi connectivity index (χ2n) is 11.6. The minimum absolute atomic E-state index is 0. The quantitative estimate of drug-likeness (QED) is 0.182. The van der Waals surface area contributed by atoms with Gasteiger partial charge in [0.15, 0.2) is 5.78 Å². The molecule has 1 heterocycles. The van der Waals surface area contributed by atoms with E-state index in [-0.39, 0.29) is 35.7 Å². The molecule has 0 saturated heterocycles. The fourth-order valence-electron chi connectivity index (χ4n) is 5.37. The van der Waals surface area contributed by atoms with E-state index in [1.165, 1.54) is 0 Å². The van der Waals surface area contributed by atoms with Crippen LogP contribution in [0.2, 0.25) is 0 Å². The number of carbonyl (C=O) groups is 2. The molecular formula is C33H36O7. The van der Waals surface area contributed by atoms with Gasteiger partial charge in [-0.3, -0.25) is 9.59 Å². The van der Waals surface area contributed by atoms with Crippen molar-refractivity contribution in [1.82, 2.24) is 0 Å². The van der Waals surface area contributed by atoms with E-state index >= 15 is 0 Å². The molecule has 1 aliphatic rings. The normalized spacial score (nSPS) is 13.8. The Balaban J connectivity index is 0.00000370. The molecule has 0 bridgehead atoms.